The molecule has 1 aliphatic heterocycles. The Morgan fingerprint density at radius 3 is 2.57 bits per heavy atom. The number of hydrogen-bond donors (Lipinski definition) is 0. The highest BCUT2D eigenvalue weighted by atomic mass is 32.2. The van der Waals surface area contributed by atoms with Crippen molar-refractivity contribution in [2.24, 2.45) is 0 Å². The number of ether oxygens (including phenoxy) is 2. The third-order valence-electron chi connectivity index (χ3n) is 3.67. The van der Waals surface area contributed by atoms with Gasteiger partial charge in [-0.05, 0) is 35.7 Å². The summed E-state index contributed by atoms with van der Waals surface area (Å²) in [6.07, 6.45) is 0.709. The highest BCUT2D eigenvalue weighted by Gasteiger charge is 2.29. The van der Waals surface area contributed by atoms with E-state index in [2.05, 4.69) is 4.74 Å². The molecule has 0 amide bonds. The second-order valence-electron chi connectivity index (χ2n) is 5.21. The number of carbonyl (C=O) groups excluding carboxylic acids is 2. The van der Waals surface area contributed by atoms with Gasteiger partial charge in [-0.15, -0.1) is 11.8 Å². The standard InChI is InChI=1S/C18H16O4S/c1-21-17(19)13-8-6-12(7-9-13)11-22-18(20)16-10-14-4-2-3-5-15(14)23-16/h2-9,16H,10-11H2,1H3/t16-/m1/s1. The average Bonchev–Trinajstić information content (AvgIpc) is 3.03. The Morgan fingerprint density at radius 1 is 1.13 bits per heavy atom. The van der Waals surface area contributed by atoms with Gasteiger partial charge >= 0.3 is 11.9 Å². The number of methoxy groups -OCH3 is 1. The van der Waals surface area contributed by atoms with Gasteiger partial charge in [-0.2, -0.15) is 0 Å². The molecule has 5 heteroatoms. The molecule has 0 saturated carbocycles. The maximum absolute atomic E-state index is 12.2. The first-order valence-electron chi connectivity index (χ1n) is 7.26. The highest BCUT2D eigenvalue weighted by Crippen LogP contribution is 2.37. The molecule has 0 aliphatic carbocycles. The van der Waals surface area contributed by atoms with E-state index in [0.717, 1.165) is 10.5 Å². The molecule has 2 aromatic carbocycles. The van der Waals surface area contributed by atoms with Gasteiger partial charge in [-0.3, -0.25) is 4.79 Å². The lowest BCUT2D eigenvalue weighted by Crippen LogP contribution is -2.19. The first-order chi connectivity index (χ1) is 11.2. The van der Waals surface area contributed by atoms with Crippen LogP contribution in [0.2, 0.25) is 0 Å². The van der Waals surface area contributed by atoms with Gasteiger partial charge in [0.2, 0.25) is 0 Å². The summed E-state index contributed by atoms with van der Waals surface area (Å²) < 4.78 is 10.0. The molecule has 0 spiro atoms. The minimum absolute atomic E-state index is 0.179. The molecule has 0 radical (unpaired) electrons. The van der Waals surface area contributed by atoms with Gasteiger partial charge in [0.05, 0.1) is 12.7 Å². The lowest BCUT2D eigenvalue weighted by atomic mass is 10.1. The van der Waals surface area contributed by atoms with Gasteiger partial charge in [0.1, 0.15) is 11.9 Å². The number of esters is 2. The minimum Gasteiger partial charge on any atom is -0.465 e. The lowest BCUT2D eigenvalue weighted by molar-refractivity contribution is -0.144. The predicted octanol–water partition coefficient (Wildman–Crippen LogP) is 3.23. The quantitative estimate of drug-likeness (QED) is 0.807. The second kappa shape index (κ2) is 6.87. The van der Waals surface area contributed by atoms with Gasteiger partial charge in [0, 0.05) is 4.90 Å². The van der Waals surface area contributed by atoms with Gasteiger partial charge < -0.3 is 9.47 Å². The second-order valence-corrected chi connectivity index (χ2v) is 6.46. The van der Waals surface area contributed by atoms with E-state index in [0.29, 0.717) is 12.0 Å². The van der Waals surface area contributed by atoms with Crippen molar-refractivity contribution in [1.29, 1.82) is 0 Å². The fraction of sp³-hybridized carbons (Fsp3) is 0.222. The van der Waals surface area contributed by atoms with Crippen molar-refractivity contribution in [2.75, 3.05) is 7.11 Å². The normalized spacial score (nSPS) is 15.8. The van der Waals surface area contributed by atoms with Crippen molar-refractivity contribution < 1.29 is 19.1 Å². The van der Waals surface area contributed by atoms with Crippen LogP contribution in [-0.4, -0.2) is 24.3 Å². The van der Waals surface area contributed by atoms with Crippen molar-refractivity contribution in [3.05, 3.63) is 65.2 Å². The third kappa shape index (κ3) is 3.56. The van der Waals surface area contributed by atoms with E-state index in [1.165, 1.54) is 12.7 Å². The van der Waals surface area contributed by atoms with Crippen LogP contribution in [0.5, 0.6) is 0 Å². The molecule has 118 valence electrons. The minimum atomic E-state index is -0.381. The topological polar surface area (TPSA) is 52.6 Å². The van der Waals surface area contributed by atoms with Crippen LogP contribution in [0.15, 0.2) is 53.4 Å². The molecule has 2 aromatic rings. The van der Waals surface area contributed by atoms with Gasteiger partial charge in [0.15, 0.2) is 0 Å². The molecule has 23 heavy (non-hydrogen) atoms. The number of rotatable bonds is 4. The van der Waals surface area contributed by atoms with Crippen LogP contribution in [0.1, 0.15) is 21.5 Å². The summed E-state index contributed by atoms with van der Waals surface area (Å²) in [6, 6.07) is 14.9. The zero-order chi connectivity index (χ0) is 16.2. The molecule has 0 unspecified atom stereocenters. The van der Waals surface area contributed by atoms with Crippen LogP contribution in [0.4, 0.5) is 0 Å². The van der Waals surface area contributed by atoms with Gasteiger partial charge in [0.25, 0.3) is 0 Å². The highest BCUT2D eigenvalue weighted by molar-refractivity contribution is 8.01. The van der Waals surface area contributed by atoms with E-state index in [9.17, 15) is 9.59 Å². The predicted molar refractivity (Wildman–Crippen MR) is 87.4 cm³/mol. The molecule has 1 atom stereocenters. The molecule has 0 N–H and O–H groups in total. The number of thioether (sulfide) groups is 1. The SMILES string of the molecule is COC(=O)c1ccc(COC(=O)[C@H]2Cc3ccccc3S2)cc1. The summed E-state index contributed by atoms with van der Waals surface area (Å²) in [5.41, 5.74) is 2.51. The molecule has 3 rings (SSSR count). The Labute approximate surface area is 138 Å². The third-order valence-corrected chi connectivity index (χ3v) is 4.96. The smallest absolute Gasteiger partial charge is 0.337 e. The molecular formula is C18H16O4S. The van der Waals surface area contributed by atoms with Crippen LogP contribution in [0, 0.1) is 0 Å². The van der Waals surface area contributed by atoms with Crippen LogP contribution in [0.3, 0.4) is 0 Å². The van der Waals surface area contributed by atoms with Crippen molar-refractivity contribution in [3.63, 3.8) is 0 Å². The summed E-state index contributed by atoms with van der Waals surface area (Å²) in [5.74, 6) is -0.586. The van der Waals surface area contributed by atoms with Crippen molar-refractivity contribution >= 4 is 23.7 Å². The fourth-order valence-corrected chi connectivity index (χ4v) is 3.61. The largest absolute Gasteiger partial charge is 0.465 e. The number of benzene rings is 2. The average molecular weight is 328 g/mol. The Balaban J connectivity index is 1.55. The first kappa shape index (κ1) is 15.6. The maximum Gasteiger partial charge on any atom is 0.337 e. The summed E-state index contributed by atoms with van der Waals surface area (Å²) >= 11 is 1.55. The summed E-state index contributed by atoms with van der Waals surface area (Å²) in [6.45, 7) is 0.202. The summed E-state index contributed by atoms with van der Waals surface area (Å²) in [7, 11) is 1.34. The molecule has 0 aromatic heterocycles. The molecule has 0 saturated heterocycles. The van der Waals surface area contributed by atoms with E-state index >= 15 is 0 Å². The van der Waals surface area contributed by atoms with E-state index in [4.69, 9.17) is 4.74 Å². The maximum atomic E-state index is 12.2. The molecule has 1 heterocycles. The molecule has 0 fully saturated rings. The van der Waals surface area contributed by atoms with E-state index in [-0.39, 0.29) is 23.8 Å². The Morgan fingerprint density at radius 2 is 1.87 bits per heavy atom. The van der Waals surface area contributed by atoms with Crippen molar-refractivity contribution in [3.8, 4) is 0 Å². The zero-order valence-corrected chi connectivity index (χ0v) is 13.5. The number of hydrogen-bond acceptors (Lipinski definition) is 5. The summed E-state index contributed by atoms with van der Waals surface area (Å²) in [4.78, 5) is 24.7. The molecular weight excluding hydrogens is 312 g/mol. The van der Waals surface area contributed by atoms with Crippen molar-refractivity contribution in [2.45, 2.75) is 23.2 Å². The van der Waals surface area contributed by atoms with Crippen LogP contribution >= 0.6 is 11.8 Å². The van der Waals surface area contributed by atoms with Crippen LogP contribution in [0.25, 0.3) is 0 Å². The molecule has 0 bridgehead atoms. The fourth-order valence-electron chi connectivity index (χ4n) is 2.42. The number of fused-ring (bicyclic) bond motifs is 1. The lowest BCUT2D eigenvalue weighted by Gasteiger charge is -2.09. The van der Waals surface area contributed by atoms with Gasteiger partial charge in [-0.25, -0.2) is 4.79 Å². The van der Waals surface area contributed by atoms with Crippen LogP contribution < -0.4 is 0 Å². The van der Waals surface area contributed by atoms with E-state index < -0.39 is 0 Å². The molecule has 4 nitrogen and oxygen atoms in total. The molecule has 1 aliphatic rings. The Hall–Kier alpha value is -2.27. The van der Waals surface area contributed by atoms with Crippen LogP contribution in [-0.2, 0) is 27.3 Å². The Kier molecular flexibility index (Phi) is 4.67. The first-order valence-corrected chi connectivity index (χ1v) is 8.14. The van der Waals surface area contributed by atoms with E-state index in [1.54, 1.807) is 36.0 Å². The Bertz CT molecular complexity index is 699. The zero-order valence-electron chi connectivity index (χ0n) is 12.7. The monoisotopic (exact) mass is 328 g/mol. The number of carbonyl (C=O) groups is 2. The van der Waals surface area contributed by atoms with Crippen molar-refractivity contribution in [1.82, 2.24) is 0 Å². The summed E-state index contributed by atoms with van der Waals surface area (Å²) in [5, 5.41) is -0.179. The van der Waals surface area contributed by atoms with E-state index in [1.807, 2.05) is 24.3 Å². The van der Waals surface area contributed by atoms with Gasteiger partial charge in [-0.1, -0.05) is 30.3 Å².